The van der Waals surface area contributed by atoms with Crippen LogP contribution in [0.15, 0.2) is 28.0 Å². The number of rotatable bonds is 5. The summed E-state index contributed by atoms with van der Waals surface area (Å²) in [6.45, 7) is 2.24. The zero-order valence-corrected chi connectivity index (χ0v) is 15.7. The summed E-state index contributed by atoms with van der Waals surface area (Å²) in [7, 11) is 0. The third-order valence-electron chi connectivity index (χ3n) is 3.55. The van der Waals surface area contributed by atoms with E-state index in [9.17, 15) is 13.2 Å². The molecule has 1 atom stereocenters. The fourth-order valence-electron chi connectivity index (χ4n) is 2.51. The largest absolute Gasteiger partial charge is 0.458 e. The highest BCUT2D eigenvalue weighted by atomic mass is 35.5. The predicted molar refractivity (Wildman–Crippen MR) is 101 cm³/mol. The van der Waals surface area contributed by atoms with Gasteiger partial charge in [0.2, 0.25) is 0 Å². The summed E-state index contributed by atoms with van der Waals surface area (Å²) in [5.74, 6) is 3.66. The number of nitrogens with zero attached hydrogens (tertiary/aromatic N) is 1. The number of alkyl halides is 3. The van der Waals surface area contributed by atoms with Gasteiger partial charge in [0, 0.05) is 35.9 Å². The highest BCUT2D eigenvalue weighted by Crippen LogP contribution is 2.33. The second kappa shape index (κ2) is 7.80. The lowest BCUT2D eigenvalue weighted by molar-refractivity contribution is -0.0696. The molecule has 0 aliphatic heterocycles. The van der Waals surface area contributed by atoms with E-state index in [1.54, 1.807) is 24.3 Å². The van der Waals surface area contributed by atoms with Crippen molar-refractivity contribution in [2.24, 2.45) is 5.73 Å². The molecule has 27 heavy (non-hydrogen) atoms. The van der Waals surface area contributed by atoms with E-state index in [0.717, 1.165) is 4.88 Å². The Labute approximate surface area is 162 Å². The highest BCUT2D eigenvalue weighted by Gasteiger charge is 2.25. The Kier molecular flexibility index (Phi) is 5.65. The average Bonchev–Trinajstić information content (AvgIpc) is 3.17. The van der Waals surface area contributed by atoms with Gasteiger partial charge in [0.25, 0.3) is 0 Å². The van der Waals surface area contributed by atoms with E-state index in [1.807, 2.05) is 17.5 Å². The van der Waals surface area contributed by atoms with Gasteiger partial charge < -0.3 is 15.5 Å². The van der Waals surface area contributed by atoms with E-state index in [-0.39, 0.29) is 34.5 Å². The Hall–Kier alpha value is -2.21. The van der Waals surface area contributed by atoms with Crippen molar-refractivity contribution in [3.8, 4) is 11.8 Å². The standard InChI is InChI=1S/C18H15ClF3N3OS/c1-10(23)7-14-12(4-5-18(20,21)22)16-17(26-14)13(8-15(19)25-16)24-9-11-3-2-6-27-11/h2-3,6,8,10H,7,9,23H2,1H3,(H,24,25)/t10-/m0/s1. The molecule has 0 aromatic carbocycles. The molecule has 0 spiro atoms. The van der Waals surface area contributed by atoms with Gasteiger partial charge in [-0.1, -0.05) is 23.6 Å². The minimum Gasteiger partial charge on any atom is -0.456 e. The van der Waals surface area contributed by atoms with Gasteiger partial charge in [-0.25, -0.2) is 4.98 Å². The van der Waals surface area contributed by atoms with E-state index in [0.29, 0.717) is 17.8 Å². The van der Waals surface area contributed by atoms with Crippen molar-refractivity contribution < 1.29 is 17.6 Å². The van der Waals surface area contributed by atoms with Gasteiger partial charge in [-0.05, 0) is 18.4 Å². The summed E-state index contributed by atoms with van der Waals surface area (Å²) in [5, 5.41) is 5.26. The van der Waals surface area contributed by atoms with Crippen LogP contribution in [0.2, 0.25) is 5.15 Å². The monoisotopic (exact) mass is 413 g/mol. The summed E-state index contributed by atoms with van der Waals surface area (Å²) in [5.41, 5.74) is 6.87. The maximum atomic E-state index is 12.6. The van der Waals surface area contributed by atoms with Crippen molar-refractivity contribution in [1.82, 2.24) is 4.98 Å². The predicted octanol–water partition coefficient (Wildman–Crippen LogP) is 4.96. The molecular formula is C18H15ClF3N3OS. The SMILES string of the molecule is C[C@H](N)Cc1oc2c(NCc3cccs3)cc(Cl)nc2c1C#CC(F)(F)F. The summed E-state index contributed by atoms with van der Waals surface area (Å²) in [6.07, 6.45) is -4.41. The zero-order chi connectivity index (χ0) is 19.6. The van der Waals surface area contributed by atoms with Gasteiger partial charge in [0.1, 0.15) is 16.4 Å². The van der Waals surface area contributed by atoms with E-state index in [4.69, 9.17) is 21.8 Å². The van der Waals surface area contributed by atoms with Crippen LogP contribution in [0.1, 0.15) is 23.1 Å². The molecule has 0 aliphatic carbocycles. The molecule has 0 aliphatic rings. The third-order valence-corrected chi connectivity index (χ3v) is 4.62. The molecule has 0 unspecified atom stereocenters. The maximum Gasteiger partial charge on any atom is 0.458 e. The molecule has 0 fully saturated rings. The van der Waals surface area contributed by atoms with Crippen molar-refractivity contribution in [2.45, 2.75) is 32.1 Å². The number of nitrogens with two attached hydrogens (primary N) is 1. The van der Waals surface area contributed by atoms with E-state index < -0.39 is 6.18 Å². The van der Waals surface area contributed by atoms with Crippen LogP contribution in [0.25, 0.3) is 11.1 Å². The molecule has 142 valence electrons. The lowest BCUT2D eigenvalue weighted by Gasteiger charge is -2.06. The summed E-state index contributed by atoms with van der Waals surface area (Å²) < 4.78 is 43.6. The van der Waals surface area contributed by atoms with E-state index in [1.165, 1.54) is 5.92 Å². The Bertz CT molecular complexity index is 1000. The first kappa shape index (κ1) is 19.5. The topological polar surface area (TPSA) is 64.1 Å². The third kappa shape index (κ3) is 4.95. The first-order valence-electron chi connectivity index (χ1n) is 7.96. The first-order valence-corrected chi connectivity index (χ1v) is 9.22. The molecule has 0 saturated heterocycles. The lowest BCUT2D eigenvalue weighted by Crippen LogP contribution is -2.17. The molecule has 0 saturated carbocycles. The maximum absolute atomic E-state index is 12.6. The quantitative estimate of drug-likeness (QED) is 0.458. The summed E-state index contributed by atoms with van der Waals surface area (Å²) in [6, 6.07) is 5.13. The van der Waals surface area contributed by atoms with Crippen LogP contribution in [-0.2, 0) is 13.0 Å². The molecule has 0 bridgehead atoms. The van der Waals surface area contributed by atoms with Crippen molar-refractivity contribution in [2.75, 3.05) is 5.32 Å². The van der Waals surface area contributed by atoms with Crippen LogP contribution in [-0.4, -0.2) is 17.2 Å². The Balaban J connectivity index is 2.09. The number of nitrogens with one attached hydrogen (secondary N) is 1. The number of hydrogen-bond acceptors (Lipinski definition) is 5. The molecule has 4 nitrogen and oxygen atoms in total. The van der Waals surface area contributed by atoms with Gasteiger partial charge in [-0.3, -0.25) is 0 Å². The molecule has 3 N–H and O–H groups in total. The number of hydrogen-bond donors (Lipinski definition) is 2. The molecule has 3 aromatic heterocycles. The van der Waals surface area contributed by atoms with Crippen LogP contribution in [0.3, 0.4) is 0 Å². The van der Waals surface area contributed by atoms with Crippen molar-refractivity contribution in [3.63, 3.8) is 0 Å². The molecular weight excluding hydrogens is 399 g/mol. The van der Waals surface area contributed by atoms with Crippen LogP contribution in [0, 0.1) is 11.8 Å². The van der Waals surface area contributed by atoms with Gasteiger partial charge in [0.05, 0.1) is 11.3 Å². The van der Waals surface area contributed by atoms with Crippen LogP contribution < -0.4 is 11.1 Å². The normalized spacial score (nSPS) is 12.7. The number of anilines is 1. The smallest absolute Gasteiger partial charge is 0.456 e. The Morgan fingerprint density at radius 3 is 2.85 bits per heavy atom. The van der Waals surface area contributed by atoms with Crippen LogP contribution in [0.4, 0.5) is 18.9 Å². The summed E-state index contributed by atoms with van der Waals surface area (Å²) >= 11 is 7.65. The number of pyridine rings is 1. The summed E-state index contributed by atoms with van der Waals surface area (Å²) in [4.78, 5) is 5.21. The average molecular weight is 414 g/mol. The Morgan fingerprint density at radius 1 is 1.44 bits per heavy atom. The highest BCUT2D eigenvalue weighted by molar-refractivity contribution is 7.09. The number of halogens is 4. The fraction of sp³-hybridized carbons (Fsp3) is 0.278. The molecule has 9 heteroatoms. The lowest BCUT2D eigenvalue weighted by atomic mass is 10.1. The van der Waals surface area contributed by atoms with Gasteiger partial charge in [-0.2, -0.15) is 13.2 Å². The van der Waals surface area contributed by atoms with Crippen molar-refractivity contribution in [3.05, 3.63) is 44.9 Å². The minimum atomic E-state index is -4.63. The Morgan fingerprint density at radius 2 is 2.22 bits per heavy atom. The number of thiophene rings is 1. The molecule has 3 aromatic rings. The number of aromatic nitrogens is 1. The second-order valence-corrected chi connectivity index (χ2v) is 7.35. The van der Waals surface area contributed by atoms with Crippen molar-refractivity contribution >= 4 is 39.7 Å². The second-order valence-electron chi connectivity index (χ2n) is 5.93. The van der Waals surface area contributed by atoms with E-state index >= 15 is 0 Å². The molecule has 0 amide bonds. The molecule has 3 heterocycles. The van der Waals surface area contributed by atoms with Crippen molar-refractivity contribution in [1.29, 1.82) is 0 Å². The van der Waals surface area contributed by atoms with Gasteiger partial charge in [0.15, 0.2) is 5.58 Å². The fourth-order valence-corrected chi connectivity index (χ4v) is 3.34. The molecule has 0 radical (unpaired) electrons. The number of furan rings is 1. The van der Waals surface area contributed by atoms with Gasteiger partial charge in [-0.15, -0.1) is 11.3 Å². The van der Waals surface area contributed by atoms with E-state index in [2.05, 4.69) is 16.2 Å². The number of fused-ring (bicyclic) bond motifs is 1. The molecule has 3 rings (SSSR count). The first-order chi connectivity index (χ1) is 12.7. The van der Waals surface area contributed by atoms with Crippen LogP contribution >= 0.6 is 22.9 Å². The minimum absolute atomic E-state index is 0.0568. The van der Waals surface area contributed by atoms with Crippen LogP contribution in [0.5, 0.6) is 0 Å². The van der Waals surface area contributed by atoms with Gasteiger partial charge >= 0.3 is 6.18 Å². The zero-order valence-electron chi connectivity index (χ0n) is 14.2.